The molecule has 1 aliphatic rings. The number of barbiturate groups is 1. The molecule has 0 aliphatic carbocycles. The molecule has 0 atom stereocenters. The zero-order chi connectivity index (χ0) is 25.8. The van der Waals surface area contributed by atoms with E-state index >= 15 is 0 Å². The number of urea groups is 1. The van der Waals surface area contributed by atoms with Gasteiger partial charge in [0.1, 0.15) is 23.7 Å². The van der Waals surface area contributed by atoms with Gasteiger partial charge in [-0.25, -0.2) is 14.1 Å². The number of amides is 4. The van der Waals surface area contributed by atoms with Gasteiger partial charge in [0.25, 0.3) is 11.8 Å². The van der Waals surface area contributed by atoms with E-state index in [1.807, 2.05) is 6.92 Å². The molecule has 1 saturated heterocycles. The van der Waals surface area contributed by atoms with Crippen molar-refractivity contribution in [1.82, 2.24) is 5.32 Å². The Morgan fingerprint density at radius 3 is 2.28 bits per heavy atom. The van der Waals surface area contributed by atoms with Crippen molar-refractivity contribution in [3.8, 4) is 11.5 Å². The average molecular weight is 529 g/mol. The lowest BCUT2D eigenvalue weighted by Crippen LogP contribution is -2.54. The molecule has 184 valence electrons. The lowest BCUT2D eigenvalue weighted by atomic mass is 10.1. The number of hydrogen-bond acceptors (Lipinski definition) is 5. The standard InChI is InChI=1S/C26H19Cl2FN2O5/c1-2-35-18-9-7-17(8-10-18)31-25(33)19(24(32)30-26(31)34)11-15-12-20(27)23(21(28)13-15)36-14-16-5-3-4-6-22(16)29/h3-13H,2,14H2,1H3,(H,30,32,34)/b19-11+. The predicted molar refractivity (Wildman–Crippen MR) is 134 cm³/mol. The summed E-state index contributed by atoms with van der Waals surface area (Å²) in [7, 11) is 0. The molecule has 3 aromatic rings. The molecule has 0 spiro atoms. The van der Waals surface area contributed by atoms with Crippen LogP contribution in [0, 0.1) is 5.82 Å². The largest absolute Gasteiger partial charge is 0.494 e. The molecule has 36 heavy (non-hydrogen) atoms. The van der Waals surface area contributed by atoms with Crippen molar-refractivity contribution in [2.75, 3.05) is 11.5 Å². The summed E-state index contributed by atoms with van der Waals surface area (Å²) in [6, 6.07) is 14.4. The number of imide groups is 2. The maximum atomic E-state index is 13.9. The van der Waals surface area contributed by atoms with E-state index in [9.17, 15) is 18.8 Å². The minimum absolute atomic E-state index is 0.0915. The van der Waals surface area contributed by atoms with Crippen molar-refractivity contribution in [1.29, 1.82) is 0 Å². The molecule has 0 unspecified atom stereocenters. The maximum Gasteiger partial charge on any atom is 0.335 e. The number of nitrogens with zero attached hydrogens (tertiary/aromatic N) is 1. The van der Waals surface area contributed by atoms with E-state index < -0.39 is 23.7 Å². The molecular weight excluding hydrogens is 510 g/mol. The summed E-state index contributed by atoms with van der Waals surface area (Å²) in [4.78, 5) is 38.8. The van der Waals surface area contributed by atoms with E-state index in [1.165, 1.54) is 36.4 Å². The van der Waals surface area contributed by atoms with Crippen molar-refractivity contribution in [3.05, 3.63) is 93.2 Å². The van der Waals surface area contributed by atoms with Gasteiger partial charge in [0.05, 0.1) is 22.3 Å². The van der Waals surface area contributed by atoms with Crippen molar-refractivity contribution < 1.29 is 28.2 Å². The molecule has 4 rings (SSSR count). The number of nitrogens with one attached hydrogen (secondary N) is 1. The first-order valence-corrected chi connectivity index (χ1v) is 11.5. The van der Waals surface area contributed by atoms with Crippen LogP contribution in [0.1, 0.15) is 18.1 Å². The molecule has 0 saturated carbocycles. The zero-order valence-corrected chi connectivity index (χ0v) is 20.4. The van der Waals surface area contributed by atoms with Crippen LogP contribution in [-0.4, -0.2) is 24.5 Å². The summed E-state index contributed by atoms with van der Waals surface area (Å²) in [5.41, 5.74) is 0.602. The minimum Gasteiger partial charge on any atom is -0.494 e. The molecule has 1 aliphatic heterocycles. The van der Waals surface area contributed by atoms with E-state index in [0.29, 0.717) is 23.5 Å². The second-order valence-electron chi connectivity index (χ2n) is 7.58. The Morgan fingerprint density at radius 1 is 0.972 bits per heavy atom. The molecule has 1 fully saturated rings. The molecule has 0 aromatic heterocycles. The molecule has 7 nitrogen and oxygen atoms in total. The number of hydrogen-bond donors (Lipinski definition) is 1. The Morgan fingerprint density at radius 2 is 1.64 bits per heavy atom. The van der Waals surface area contributed by atoms with Crippen molar-refractivity contribution in [3.63, 3.8) is 0 Å². The highest BCUT2D eigenvalue weighted by atomic mass is 35.5. The van der Waals surface area contributed by atoms with Crippen LogP contribution < -0.4 is 19.7 Å². The maximum absolute atomic E-state index is 13.9. The van der Waals surface area contributed by atoms with Gasteiger partial charge in [0.15, 0.2) is 5.75 Å². The van der Waals surface area contributed by atoms with Gasteiger partial charge >= 0.3 is 6.03 Å². The fourth-order valence-electron chi connectivity index (χ4n) is 3.48. The Kier molecular flexibility index (Phi) is 7.57. The van der Waals surface area contributed by atoms with Crippen LogP contribution in [0.15, 0.2) is 66.2 Å². The van der Waals surface area contributed by atoms with E-state index in [4.69, 9.17) is 32.7 Å². The van der Waals surface area contributed by atoms with E-state index in [1.54, 1.807) is 30.3 Å². The Balaban J connectivity index is 1.59. The fraction of sp³-hybridized carbons (Fsp3) is 0.115. The van der Waals surface area contributed by atoms with Crippen LogP contribution in [-0.2, 0) is 16.2 Å². The topological polar surface area (TPSA) is 84.9 Å². The Hall–Kier alpha value is -3.88. The highest BCUT2D eigenvalue weighted by Gasteiger charge is 2.36. The second kappa shape index (κ2) is 10.8. The van der Waals surface area contributed by atoms with Crippen molar-refractivity contribution in [2.24, 2.45) is 0 Å². The van der Waals surface area contributed by atoms with Crippen LogP contribution in [0.3, 0.4) is 0 Å². The molecule has 0 bridgehead atoms. The number of carbonyl (C=O) groups excluding carboxylic acids is 3. The van der Waals surface area contributed by atoms with Crippen molar-refractivity contribution in [2.45, 2.75) is 13.5 Å². The molecular formula is C26H19Cl2FN2O5. The van der Waals surface area contributed by atoms with Gasteiger partial charge in [-0.15, -0.1) is 0 Å². The second-order valence-corrected chi connectivity index (χ2v) is 8.39. The highest BCUT2D eigenvalue weighted by molar-refractivity contribution is 6.40. The average Bonchev–Trinajstić information content (AvgIpc) is 2.83. The normalized spacial score (nSPS) is 14.7. The van der Waals surface area contributed by atoms with Crippen LogP contribution >= 0.6 is 23.2 Å². The third-order valence-corrected chi connectivity index (χ3v) is 5.73. The number of ether oxygens (including phenoxy) is 2. The lowest BCUT2D eigenvalue weighted by Gasteiger charge is -2.26. The number of anilines is 1. The van der Waals surface area contributed by atoms with Gasteiger partial charge in [-0.1, -0.05) is 41.4 Å². The highest BCUT2D eigenvalue weighted by Crippen LogP contribution is 2.36. The SMILES string of the molecule is CCOc1ccc(N2C(=O)NC(=O)/C(=C\c3cc(Cl)c(OCc4ccccc4F)c(Cl)c3)C2=O)cc1. The first-order valence-electron chi connectivity index (χ1n) is 10.8. The van der Waals surface area contributed by atoms with Crippen LogP contribution in [0.2, 0.25) is 10.0 Å². The summed E-state index contributed by atoms with van der Waals surface area (Å²) in [5.74, 6) is -1.42. The van der Waals surface area contributed by atoms with E-state index in [0.717, 1.165) is 4.90 Å². The van der Waals surface area contributed by atoms with E-state index in [2.05, 4.69) is 5.32 Å². The summed E-state index contributed by atoms with van der Waals surface area (Å²) in [5, 5.41) is 2.34. The molecule has 10 heteroatoms. The molecule has 3 aromatic carbocycles. The summed E-state index contributed by atoms with van der Waals surface area (Å²) < 4.78 is 24.8. The van der Waals surface area contributed by atoms with Gasteiger partial charge < -0.3 is 9.47 Å². The molecule has 4 amide bonds. The van der Waals surface area contributed by atoms with Gasteiger partial charge in [0.2, 0.25) is 0 Å². The Labute approximate surface area is 216 Å². The van der Waals surface area contributed by atoms with Crippen molar-refractivity contribution >= 4 is 52.8 Å². The quantitative estimate of drug-likeness (QED) is 0.310. The number of carbonyl (C=O) groups is 3. The third-order valence-electron chi connectivity index (χ3n) is 5.17. The van der Waals surface area contributed by atoms with Gasteiger partial charge in [-0.3, -0.25) is 14.9 Å². The monoisotopic (exact) mass is 528 g/mol. The molecule has 1 N–H and O–H groups in total. The lowest BCUT2D eigenvalue weighted by molar-refractivity contribution is -0.122. The molecule has 0 radical (unpaired) electrons. The minimum atomic E-state index is -0.876. The first-order chi connectivity index (χ1) is 17.3. The molecule has 1 heterocycles. The van der Waals surface area contributed by atoms with Crippen LogP contribution in [0.25, 0.3) is 6.08 Å². The van der Waals surface area contributed by atoms with Gasteiger partial charge in [-0.2, -0.15) is 0 Å². The number of halogens is 3. The van der Waals surface area contributed by atoms with Gasteiger partial charge in [-0.05, 0) is 61.0 Å². The fourth-order valence-corrected chi connectivity index (χ4v) is 4.10. The number of benzene rings is 3. The first kappa shape index (κ1) is 25.2. The predicted octanol–water partition coefficient (Wildman–Crippen LogP) is 5.78. The number of rotatable bonds is 7. The summed E-state index contributed by atoms with van der Waals surface area (Å²) in [6.07, 6.45) is 1.27. The third kappa shape index (κ3) is 5.35. The summed E-state index contributed by atoms with van der Waals surface area (Å²) >= 11 is 12.7. The van der Waals surface area contributed by atoms with Crippen LogP contribution in [0.5, 0.6) is 11.5 Å². The smallest absolute Gasteiger partial charge is 0.335 e. The van der Waals surface area contributed by atoms with Crippen LogP contribution in [0.4, 0.5) is 14.9 Å². The zero-order valence-electron chi connectivity index (χ0n) is 18.9. The Bertz CT molecular complexity index is 1350. The van der Waals surface area contributed by atoms with E-state index in [-0.39, 0.29) is 33.7 Å². The summed E-state index contributed by atoms with van der Waals surface area (Å²) in [6.45, 7) is 2.19. The van der Waals surface area contributed by atoms with Gasteiger partial charge in [0, 0.05) is 5.56 Å².